The van der Waals surface area contributed by atoms with Gasteiger partial charge in [-0.3, -0.25) is 4.79 Å². The van der Waals surface area contributed by atoms with E-state index in [4.69, 9.17) is 0 Å². The molecule has 2 rings (SSSR count). The van der Waals surface area contributed by atoms with Crippen LogP contribution in [0.4, 0.5) is 0 Å². The maximum atomic E-state index is 12.2. The summed E-state index contributed by atoms with van der Waals surface area (Å²) in [4.78, 5) is 15.0. The van der Waals surface area contributed by atoms with Gasteiger partial charge in [0.15, 0.2) is 0 Å². The minimum absolute atomic E-state index is 0.0942. The number of fused-ring (bicyclic) bond motifs is 1. The standard InChI is InChI=1S/C27H41NO2/c1-2-3-4-5-6-7-8-9-10-11-12-13-14-15-16-21-26(29)24-22-23-19-17-18-20-25(23)28-27(24)30/h17-22,29H,2-16H2,1H3,(H,28,30). The van der Waals surface area contributed by atoms with Crippen LogP contribution in [-0.2, 0) is 0 Å². The number of aromatic amines is 1. The largest absolute Gasteiger partial charge is 0.507 e. The average Bonchev–Trinajstić information content (AvgIpc) is 2.75. The Hall–Kier alpha value is -2.03. The number of pyridine rings is 1. The summed E-state index contributed by atoms with van der Waals surface area (Å²) >= 11 is 0. The van der Waals surface area contributed by atoms with Crippen molar-refractivity contribution in [1.82, 2.24) is 4.98 Å². The first-order valence-electron chi connectivity index (χ1n) is 12.2. The van der Waals surface area contributed by atoms with E-state index in [9.17, 15) is 9.90 Å². The number of aromatic nitrogens is 1. The van der Waals surface area contributed by atoms with E-state index in [1.807, 2.05) is 24.3 Å². The predicted octanol–water partition coefficient (Wildman–Crippen LogP) is 8.30. The van der Waals surface area contributed by atoms with E-state index >= 15 is 0 Å². The quantitative estimate of drug-likeness (QED) is 0.215. The number of allylic oxidation sites excluding steroid dienone is 1. The number of hydrogen-bond donors (Lipinski definition) is 2. The van der Waals surface area contributed by atoms with Crippen molar-refractivity contribution in [3.63, 3.8) is 0 Å². The number of rotatable bonds is 16. The summed E-state index contributed by atoms with van der Waals surface area (Å²) in [7, 11) is 0. The van der Waals surface area contributed by atoms with Gasteiger partial charge in [-0.05, 0) is 36.4 Å². The van der Waals surface area contributed by atoms with Crippen LogP contribution in [0.15, 0.2) is 41.2 Å². The fourth-order valence-corrected chi connectivity index (χ4v) is 4.03. The van der Waals surface area contributed by atoms with Crippen molar-refractivity contribution in [1.29, 1.82) is 0 Å². The van der Waals surface area contributed by atoms with Gasteiger partial charge in [0.05, 0.1) is 5.56 Å². The molecule has 0 radical (unpaired) electrons. The Morgan fingerprint density at radius 3 is 1.97 bits per heavy atom. The maximum Gasteiger partial charge on any atom is 0.259 e. The highest BCUT2D eigenvalue weighted by Crippen LogP contribution is 2.17. The number of benzene rings is 1. The molecule has 0 aliphatic rings. The van der Waals surface area contributed by atoms with Gasteiger partial charge in [0.25, 0.3) is 5.56 Å². The van der Waals surface area contributed by atoms with E-state index in [1.165, 1.54) is 83.5 Å². The highest BCUT2D eigenvalue weighted by Gasteiger charge is 2.06. The summed E-state index contributed by atoms with van der Waals surface area (Å²) < 4.78 is 0. The lowest BCUT2D eigenvalue weighted by molar-refractivity contribution is 0.506. The van der Waals surface area contributed by atoms with Gasteiger partial charge in [-0.2, -0.15) is 0 Å². The summed E-state index contributed by atoms with van der Waals surface area (Å²) in [5, 5.41) is 11.2. The Morgan fingerprint density at radius 2 is 1.37 bits per heavy atom. The Balaban J connectivity index is 1.52. The van der Waals surface area contributed by atoms with Gasteiger partial charge >= 0.3 is 0 Å². The second kappa shape index (κ2) is 14.9. The van der Waals surface area contributed by atoms with Crippen LogP contribution in [-0.4, -0.2) is 10.1 Å². The molecule has 0 aliphatic heterocycles. The predicted molar refractivity (Wildman–Crippen MR) is 130 cm³/mol. The second-order valence-corrected chi connectivity index (χ2v) is 8.57. The Bertz CT molecular complexity index is 806. The van der Waals surface area contributed by atoms with Crippen molar-refractivity contribution >= 4 is 16.7 Å². The average molecular weight is 412 g/mol. The molecule has 1 heterocycles. The maximum absolute atomic E-state index is 12.2. The lowest BCUT2D eigenvalue weighted by atomic mass is 10.0. The zero-order chi connectivity index (χ0) is 21.4. The summed E-state index contributed by atoms with van der Waals surface area (Å²) in [5.41, 5.74) is 0.925. The van der Waals surface area contributed by atoms with Crippen molar-refractivity contribution in [2.24, 2.45) is 0 Å². The first-order chi connectivity index (χ1) is 14.7. The molecule has 2 aromatic rings. The first kappa shape index (κ1) is 24.2. The molecule has 0 saturated heterocycles. The normalized spacial score (nSPS) is 12.0. The summed E-state index contributed by atoms with van der Waals surface area (Å²) in [6.07, 6.45) is 21.4. The number of hydrogen-bond acceptors (Lipinski definition) is 2. The summed E-state index contributed by atoms with van der Waals surface area (Å²) in [5.74, 6) is 0.0942. The van der Waals surface area contributed by atoms with Crippen LogP contribution < -0.4 is 5.56 Å². The number of aliphatic hydroxyl groups excluding tert-OH is 1. The van der Waals surface area contributed by atoms with E-state index in [0.717, 1.165) is 23.7 Å². The molecule has 0 fully saturated rings. The molecule has 1 aromatic carbocycles. The molecule has 0 unspecified atom stereocenters. The molecule has 0 bridgehead atoms. The van der Waals surface area contributed by atoms with Gasteiger partial charge in [-0.1, -0.05) is 109 Å². The molecule has 0 atom stereocenters. The molecule has 0 saturated carbocycles. The van der Waals surface area contributed by atoms with Gasteiger partial charge < -0.3 is 10.1 Å². The molecule has 0 spiro atoms. The third kappa shape index (κ3) is 9.19. The van der Waals surface area contributed by atoms with Crippen molar-refractivity contribution < 1.29 is 5.11 Å². The number of para-hydroxylation sites is 1. The van der Waals surface area contributed by atoms with E-state index in [2.05, 4.69) is 11.9 Å². The van der Waals surface area contributed by atoms with Gasteiger partial charge in [0.1, 0.15) is 5.76 Å². The molecule has 2 N–H and O–H groups in total. The highest BCUT2D eigenvalue weighted by molar-refractivity contribution is 5.81. The summed E-state index contributed by atoms with van der Waals surface area (Å²) in [6, 6.07) is 9.40. The minimum atomic E-state index is -0.233. The highest BCUT2D eigenvalue weighted by atomic mass is 16.3. The molecule has 3 heteroatoms. The van der Waals surface area contributed by atoms with E-state index < -0.39 is 0 Å². The molecule has 30 heavy (non-hydrogen) atoms. The second-order valence-electron chi connectivity index (χ2n) is 8.57. The lowest BCUT2D eigenvalue weighted by Gasteiger charge is -2.04. The van der Waals surface area contributed by atoms with Crippen molar-refractivity contribution in [3.05, 3.63) is 52.3 Å². The van der Waals surface area contributed by atoms with Crippen LogP contribution in [0.2, 0.25) is 0 Å². The van der Waals surface area contributed by atoms with Gasteiger partial charge in [-0.15, -0.1) is 0 Å². The lowest BCUT2D eigenvalue weighted by Crippen LogP contribution is -2.11. The molecular weight excluding hydrogens is 370 g/mol. The van der Waals surface area contributed by atoms with Crippen LogP contribution in [0, 0.1) is 0 Å². The molecule has 1 aromatic heterocycles. The van der Waals surface area contributed by atoms with Crippen LogP contribution in [0.3, 0.4) is 0 Å². The Labute approximate surface area is 182 Å². The van der Waals surface area contributed by atoms with E-state index in [1.54, 1.807) is 12.1 Å². The zero-order valence-corrected chi connectivity index (χ0v) is 18.9. The topological polar surface area (TPSA) is 53.1 Å². The van der Waals surface area contributed by atoms with Crippen LogP contribution >= 0.6 is 0 Å². The number of unbranched alkanes of at least 4 members (excludes halogenated alkanes) is 14. The van der Waals surface area contributed by atoms with E-state index in [0.29, 0.717) is 5.56 Å². The smallest absolute Gasteiger partial charge is 0.259 e. The van der Waals surface area contributed by atoms with Crippen LogP contribution in [0.1, 0.15) is 109 Å². The third-order valence-corrected chi connectivity index (χ3v) is 5.92. The number of nitrogens with one attached hydrogen (secondary N) is 1. The van der Waals surface area contributed by atoms with Crippen LogP contribution in [0.25, 0.3) is 16.7 Å². The van der Waals surface area contributed by atoms with Gasteiger partial charge in [0, 0.05) is 5.52 Å². The molecular formula is C27H41NO2. The monoisotopic (exact) mass is 411 g/mol. The van der Waals surface area contributed by atoms with E-state index in [-0.39, 0.29) is 11.3 Å². The summed E-state index contributed by atoms with van der Waals surface area (Å²) in [6.45, 7) is 2.27. The van der Waals surface area contributed by atoms with Crippen molar-refractivity contribution in [2.45, 2.75) is 103 Å². The molecule has 0 amide bonds. The fourth-order valence-electron chi connectivity index (χ4n) is 4.03. The Morgan fingerprint density at radius 1 is 0.833 bits per heavy atom. The van der Waals surface area contributed by atoms with Crippen molar-refractivity contribution in [3.8, 4) is 0 Å². The number of H-pyrrole nitrogens is 1. The SMILES string of the molecule is CCCCCCCCCCCCCCCCC=C(O)c1cc2ccccc2[nH]c1=O. The minimum Gasteiger partial charge on any atom is -0.507 e. The van der Waals surface area contributed by atoms with Crippen LogP contribution in [0.5, 0.6) is 0 Å². The zero-order valence-electron chi connectivity index (χ0n) is 18.9. The van der Waals surface area contributed by atoms with Gasteiger partial charge in [0.2, 0.25) is 0 Å². The van der Waals surface area contributed by atoms with Gasteiger partial charge in [-0.25, -0.2) is 0 Å². The number of aliphatic hydroxyl groups is 1. The Kier molecular flexibility index (Phi) is 12.0. The molecule has 3 nitrogen and oxygen atoms in total. The molecule has 166 valence electrons. The van der Waals surface area contributed by atoms with Crippen molar-refractivity contribution in [2.75, 3.05) is 0 Å². The first-order valence-corrected chi connectivity index (χ1v) is 12.2. The third-order valence-electron chi connectivity index (χ3n) is 5.92. The fraction of sp³-hybridized carbons (Fsp3) is 0.593. The molecule has 0 aliphatic carbocycles.